The Morgan fingerprint density at radius 1 is 1.16 bits per heavy atom. The van der Waals surface area contributed by atoms with Gasteiger partial charge in [0, 0.05) is 23.5 Å². The smallest absolute Gasteiger partial charge is 0.264 e. The first-order valence-electron chi connectivity index (χ1n) is 11.1. The quantitative estimate of drug-likeness (QED) is 0.637. The molecule has 32 heavy (non-hydrogen) atoms. The van der Waals surface area contributed by atoms with E-state index in [4.69, 9.17) is 4.74 Å². The Morgan fingerprint density at radius 3 is 2.62 bits per heavy atom. The van der Waals surface area contributed by atoms with Crippen LogP contribution in [0.5, 0.6) is 5.75 Å². The van der Waals surface area contributed by atoms with Crippen molar-refractivity contribution in [2.24, 2.45) is 11.8 Å². The molecule has 2 aromatic carbocycles. The van der Waals surface area contributed by atoms with Crippen LogP contribution in [0.4, 0.5) is 5.69 Å². The van der Waals surface area contributed by atoms with E-state index in [-0.39, 0.29) is 17.9 Å². The normalized spacial score (nSPS) is 24.2. The van der Waals surface area contributed by atoms with Gasteiger partial charge in [-0.2, -0.15) is 0 Å². The molecular weight excluding hydrogens is 420 g/mol. The maximum absolute atomic E-state index is 13.0. The lowest BCUT2D eigenvalue weighted by Crippen LogP contribution is -2.43. The Kier molecular flexibility index (Phi) is 6.60. The van der Waals surface area contributed by atoms with E-state index in [1.54, 1.807) is 19.1 Å². The zero-order valence-corrected chi connectivity index (χ0v) is 19.9. The maximum atomic E-state index is 13.0. The number of methoxy groups -OCH3 is 1. The van der Waals surface area contributed by atoms with Gasteiger partial charge in [-0.25, -0.2) is 0 Å². The van der Waals surface area contributed by atoms with Gasteiger partial charge in [0.25, 0.3) is 11.8 Å². The van der Waals surface area contributed by atoms with E-state index >= 15 is 0 Å². The molecule has 0 radical (unpaired) electrons. The number of fused-ring (bicyclic) bond motifs is 1. The number of ether oxygens (including phenoxy) is 1. The Morgan fingerprint density at radius 2 is 1.91 bits per heavy atom. The van der Waals surface area contributed by atoms with Crippen LogP contribution in [0.2, 0.25) is 0 Å². The number of likely N-dealkylation sites (N-methyl/N-ethyl adjacent to an activating group) is 1. The van der Waals surface area contributed by atoms with Crippen molar-refractivity contribution in [2.75, 3.05) is 19.1 Å². The monoisotopic (exact) mass is 450 g/mol. The minimum Gasteiger partial charge on any atom is -0.497 e. The molecule has 2 amide bonds. The number of thioether (sulfide) groups is 1. The van der Waals surface area contributed by atoms with Crippen molar-refractivity contribution in [3.05, 3.63) is 58.5 Å². The van der Waals surface area contributed by atoms with Gasteiger partial charge in [-0.1, -0.05) is 50.6 Å². The first-order valence-corrected chi connectivity index (χ1v) is 12.0. The molecule has 1 N–H and O–H groups in total. The number of nitrogens with zero attached hydrogens (tertiary/aromatic N) is 1. The van der Waals surface area contributed by atoms with Gasteiger partial charge in [0.15, 0.2) is 0 Å². The molecule has 3 atom stereocenters. The fraction of sp³-hybridized carbons (Fsp3) is 0.385. The van der Waals surface area contributed by atoms with E-state index in [2.05, 4.69) is 19.2 Å². The highest BCUT2D eigenvalue weighted by Gasteiger charge is 2.30. The summed E-state index contributed by atoms with van der Waals surface area (Å²) < 4.78 is 5.20. The Labute approximate surface area is 194 Å². The average Bonchev–Trinajstić information content (AvgIpc) is 2.80. The number of amides is 2. The van der Waals surface area contributed by atoms with Crippen molar-refractivity contribution < 1.29 is 14.3 Å². The van der Waals surface area contributed by atoms with Crippen LogP contribution in [0.1, 0.15) is 49.0 Å². The molecule has 0 bridgehead atoms. The molecule has 4 rings (SSSR count). The van der Waals surface area contributed by atoms with Crippen molar-refractivity contribution in [1.82, 2.24) is 5.32 Å². The van der Waals surface area contributed by atoms with Crippen molar-refractivity contribution in [3.63, 3.8) is 0 Å². The molecule has 1 heterocycles. The van der Waals surface area contributed by atoms with E-state index in [1.165, 1.54) is 18.2 Å². The molecule has 2 aromatic rings. The van der Waals surface area contributed by atoms with E-state index in [0.717, 1.165) is 34.7 Å². The SMILES string of the molecule is COc1ccc(/C=C2\Sc3ccc(C(=O)N[C@@H]4CCC[C@@H](C)[C@H]4C)cc3N(C)C2=O)cc1. The molecule has 168 valence electrons. The van der Waals surface area contributed by atoms with E-state index in [0.29, 0.717) is 22.3 Å². The number of rotatable bonds is 4. The fourth-order valence-corrected chi connectivity index (χ4v) is 5.52. The first-order chi connectivity index (χ1) is 15.4. The third-order valence-corrected chi connectivity index (χ3v) is 7.83. The summed E-state index contributed by atoms with van der Waals surface area (Å²) in [5.74, 6) is 1.72. The minimum absolute atomic E-state index is 0.0656. The second kappa shape index (κ2) is 9.41. The summed E-state index contributed by atoms with van der Waals surface area (Å²) in [4.78, 5) is 29.2. The van der Waals surface area contributed by atoms with Crippen LogP contribution in [0.3, 0.4) is 0 Å². The van der Waals surface area contributed by atoms with Crippen LogP contribution in [0.25, 0.3) is 6.08 Å². The number of benzene rings is 2. The van der Waals surface area contributed by atoms with E-state index in [9.17, 15) is 9.59 Å². The summed E-state index contributed by atoms with van der Waals surface area (Å²) in [5, 5.41) is 3.23. The standard InChI is InChI=1S/C26H30N2O3S/c1-16-6-5-7-21(17(16)2)27-25(29)19-10-13-23-22(15-19)28(3)26(30)24(32-23)14-18-8-11-20(31-4)12-9-18/h8-17,21H,5-7H2,1-4H3,(H,27,29)/b24-14-/t16-,17-,21-/m1/s1. The predicted molar refractivity (Wildman–Crippen MR) is 130 cm³/mol. The van der Waals surface area contributed by atoms with Gasteiger partial charge < -0.3 is 15.0 Å². The molecular formula is C26H30N2O3S. The Bertz CT molecular complexity index is 1050. The van der Waals surface area contributed by atoms with Crippen LogP contribution in [0.15, 0.2) is 52.3 Å². The number of anilines is 1. The third-order valence-electron chi connectivity index (χ3n) is 6.75. The second-order valence-corrected chi connectivity index (χ2v) is 9.86. The van der Waals surface area contributed by atoms with Gasteiger partial charge in [0.05, 0.1) is 17.7 Å². The maximum Gasteiger partial charge on any atom is 0.264 e. The molecule has 0 aromatic heterocycles. The lowest BCUT2D eigenvalue weighted by atomic mass is 9.78. The van der Waals surface area contributed by atoms with E-state index in [1.807, 2.05) is 48.5 Å². The molecule has 1 aliphatic carbocycles. The summed E-state index contributed by atoms with van der Waals surface area (Å²) in [6.45, 7) is 4.48. The third kappa shape index (κ3) is 4.56. The van der Waals surface area contributed by atoms with Crippen LogP contribution < -0.4 is 15.0 Å². The van der Waals surface area contributed by atoms with Crippen molar-refractivity contribution in [1.29, 1.82) is 0 Å². The highest BCUT2D eigenvalue weighted by atomic mass is 32.2. The van der Waals surface area contributed by atoms with Crippen molar-refractivity contribution in [3.8, 4) is 5.75 Å². The molecule has 1 fully saturated rings. The lowest BCUT2D eigenvalue weighted by Gasteiger charge is -2.34. The first kappa shape index (κ1) is 22.5. The van der Waals surface area contributed by atoms with Gasteiger partial charge in [-0.15, -0.1) is 0 Å². The fourth-order valence-electron chi connectivity index (χ4n) is 4.42. The van der Waals surface area contributed by atoms with Gasteiger partial charge >= 0.3 is 0 Å². The average molecular weight is 451 g/mol. The van der Waals surface area contributed by atoms with Crippen LogP contribution in [0, 0.1) is 11.8 Å². The van der Waals surface area contributed by atoms with Crippen LogP contribution >= 0.6 is 11.8 Å². The van der Waals surface area contributed by atoms with Crippen molar-refractivity contribution >= 4 is 35.3 Å². The summed E-state index contributed by atoms with van der Waals surface area (Å²) in [6.07, 6.45) is 5.29. The largest absolute Gasteiger partial charge is 0.497 e. The number of hydrogen-bond acceptors (Lipinski definition) is 4. The Balaban J connectivity index is 1.53. The number of hydrogen-bond donors (Lipinski definition) is 1. The van der Waals surface area contributed by atoms with Gasteiger partial charge in [0.2, 0.25) is 0 Å². The molecule has 5 nitrogen and oxygen atoms in total. The minimum atomic E-state index is -0.0781. The summed E-state index contributed by atoms with van der Waals surface area (Å²) in [7, 11) is 3.39. The Hall–Kier alpha value is -2.73. The molecule has 1 aliphatic heterocycles. The summed E-state index contributed by atoms with van der Waals surface area (Å²) >= 11 is 1.44. The van der Waals surface area contributed by atoms with Crippen molar-refractivity contribution in [2.45, 2.75) is 44.0 Å². The van der Waals surface area contributed by atoms with E-state index < -0.39 is 0 Å². The zero-order chi connectivity index (χ0) is 22.8. The molecule has 0 saturated heterocycles. The predicted octanol–water partition coefficient (Wildman–Crippen LogP) is 5.36. The van der Waals surface area contributed by atoms with Crippen LogP contribution in [-0.4, -0.2) is 32.0 Å². The lowest BCUT2D eigenvalue weighted by molar-refractivity contribution is -0.114. The zero-order valence-electron chi connectivity index (χ0n) is 19.1. The van der Waals surface area contributed by atoms with Gasteiger partial charge in [0.1, 0.15) is 5.75 Å². The molecule has 0 unspecified atom stereocenters. The topological polar surface area (TPSA) is 58.6 Å². The molecule has 1 saturated carbocycles. The second-order valence-electron chi connectivity index (χ2n) is 8.78. The summed E-state index contributed by atoms with van der Waals surface area (Å²) in [5.41, 5.74) is 2.30. The number of nitrogens with one attached hydrogen (secondary N) is 1. The van der Waals surface area contributed by atoms with Gasteiger partial charge in [-0.05, 0) is 60.2 Å². The van der Waals surface area contributed by atoms with Gasteiger partial charge in [-0.3, -0.25) is 9.59 Å². The number of carbonyl (C=O) groups excluding carboxylic acids is 2. The molecule has 6 heteroatoms. The van der Waals surface area contributed by atoms with Crippen LogP contribution in [-0.2, 0) is 4.79 Å². The highest BCUT2D eigenvalue weighted by molar-refractivity contribution is 8.04. The highest BCUT2D eigenvalue weighted by Crippen LogP contribution is 2.42. The number of carbonyl (C=O) groups is 2. The molecule has 2 aliphatic rings. The molecule has 0 spiro atoms. The summed E-state index contributed by atoms with van der Waals surface area (Å²) in [6, 6.07) is 13.4.